The van der Waals surface area contributed by atoms with Gasteiger partial charge in [0.2, 0.25) is 11.8 Å². The van der Waals surface area contributed by atoms with Crippen LogP contribution in [0.5, 0.6) is 0 Å². The summed E-state index contributed by atoms with van der Waals surface area (Å²) >= 11 is 0. The average molecular weight is 465 g/mol. The third-order valence-electron chi connectivity index (χ3n) is 6.71. The second-order valence-corrected chi connectivity index (χ2v) is 9.14. The Bertz CT molecular complexity index is 883. The van der Waals surface area contributed by atoms with E-state index in [1.807, 2.05) is 24.3 Å². The van der Waals surface area contributed by atoms with E-state index in [1.165, 1.54) is 22.3 Å². The van der Waals surface area contributed by atoms with Crippen molar-refractivity contribution in [1.82, 2.24) is 10.6 Å². The molecule has 6 nitrogen and oxygen atoms in total. The van der Waals surface area contributed by atoms with Gasteiger partial charge in [-0.3, -0.25) is 9.59 Å². The predicted octanol–water partition coefficient (Wildman–Crippen LogP) is 4.19. The van der Waals surface area contributed by atoms with Crippen molar-refractivity contribution in [3.63, 3.8) is 0 Å². The average Bonchev–Trinajstić information content (AvgIpc) is 2.88. The van der Waals surface area contributed by atoms with Crippen LogP contribution in [0.25, 0.3) is 0 Å². The van der Waals surface area contributed by atoms with Gasteiger partial charge in [0.25, 0.3) is 0 Å². The minimum absolute atomic E-state index is 0.0556. The highest BCUT2D eigenvalue weighted by atomic mass is 16.5. The first-order chi connectivity index (χ1) is 16.7. The normalized spacial score (nSPS) is 19.1. The van der Waals surface area contributed by atoms with Gasteiger partial charge in [-0.25, -0.2) is 0 Å². The number of carbonyl (C=O) groups is 2. The van der Waals surface area contributed by atoms with E-state index in [9.17, 15) is 9.59 Å². The van der Waals surface area contributed by atoms with Crippen molar-refractivity contribution in [3.05, 3.63) is 70.8 Å². The molecule has 2 unspecified atom stereocenters. The monoisotopic (exact) mass is 464 g/mol. The van der Waals surface area contributed by atoms with Crippen LogP contribution in [0, 0.1) is 0 Å². The summed E-state index contributed by atoms with van der Waals surface area (Å²) in [6, 6.07) is 16.6. The van der Waals surface area contributed by atoms with Crippen LogP contribution >= 0.6 is 0 Å². The highest BCUT2D eigenvalue weighted by Gasteiger charge is 2.21. The third kappa shape index (κ3) is 6.90. The minimum atomic E-state index is -0.0556. The lowest BCUT2D eigenvalue weighted by Gasteiger charge is -2.26. The van der Waals surface area contributed by atoms with Crippen molar-refractivity contribution in [3.8, 4) is 0 Å². The number of benzene rings is 2. The maximum Gasteiger partial charge on any atom is 0.220 e. The number of ether oxygens (including phenoxy) is 2. The summed E-state index contributed by atoms with van der Waals surface area (Å²) in [6.45, 7) is 2.44. The third-order valence-corrected chi connectivity index (χ3v) is 6.71. The lowest BCUT2D eigenvalue weighted by molar-refractivity contribution is -0.123. The number of rotatable bonds is 11. The number of carbonyl (C=O) groups excluding carboxylic acids is 2. The fourth-order valence-electron chi connectivity index (χ4n) is 4.81. The first kappa shape index (κ1) is 24.4. The standard InChI is InChI=1S/C28H36N2O4/c31-27(29-19-25-23-11-7-5-9-21(23)15-17-33-25)13-3-1-2-4-14-28(32)30-20-26-24-12-8-6-10-22(24)16-18-34-26/h5-12,25-26H,1-4,13-20H2,(H,29,31)(H,30,32). The Morgan fingerprint density at radius 3 is 1.59 bits per heavy atom. The second kappa shape index (κ2) is 12.7. The number of unbranched alkanes of at least 4 members (excludes halogenated alkanes) is 3. The molecule has 182 valence electrons. The molecule has 2 N–H and O–H groups in total. The fraction of sp³-hybridized carbons (Fsp3) is 0.500. The molecule has 6 heteroatoms. The summed E-state index contributed by atoms with van der Waals surface area (Å²) in [5.74, 6) is 0.134. The number of hydrogen-bond donors (Lipinski definition) is 2. The molecule has 2 atom stereocenters. The number of fused-ring (bicyclic) bond motifs is 2. The van der Waals surface area contributed by atoms with Crippen molar-refractivity contribution >= 4 is 11.8 Å². The van der Waals surface area contributed by atoms with Gasteiger partial charge < -0.3 is 20.1 Å². The second-order valence-electron chi connectivity index (χ2n) is 9.14. The zero-order valence-corrected chi connectivity index (χ0v) is 19.9. The Balaban J connectivity index is 1.04. The first-order valence-electron chi connectivity index (χ1n) is 12.6. The molecule has 0 radical (unpaired) electrons. The van der Waals surface area contributed by atoms with Crippen LogP contribution in [0.15, 0.2) is 48.5 Å². The van der Waals surface area contributed by atoms with E-state index in [0.29, 0.717) is 39.1 Å². The Hall–Kier alpha value is -2.70. The maximum atomic E-state index is 12.2. The first-order valence-corrected chi connectivity index (χ1v) is 12.6. The molecule has 4 rings (SSSR count). The zero-order valence-electron chi connectivity index (χ0n) is 19.9. The van der Waals surface area contributed by atoms with Crippen molar-refractivity contribution in [2.24, 2.45) is 0 Å². The number of amides is 2. The molecule has 2 aromatic rings. The van der Waals surface area contributed by atoms with E-state index in [2.05, 4.69) is 34.9 Å². The number of nitrogens with one attached hydrogen (secondary N) is 2. The molecule has 2 aromatic carbocycles. The molecule has 2 amide bonds. The van der Waals surface area contributed by atoms with E-state index >= 15 is 0 Å². The Morgan fingerprint density at radius 1 is 0.676 bits per heavy atom. The highest BCUT2D eigenvalue weighted by molar-refractivity contribution is 5.76. The molecule has 0 saturated heterocycles. The highest BCUT2D eigenvalue weighted by Crippen LogP contribution is 2.27. The molecule has 0 saturated carbocycles. The van der Waals surface area contributed by atoms with Gasteiger partial charge in [0.1, 0.15) is 12.2 Å². The lowest BCUT2D eigenvalue weighted by atomic mass is 9.97. The topological polar surface area (TPSA) is 76.7 Å². The van der Waals surface area contributed by atoms with E-state index in [4.69, 9.17) is 9.47 Å². The van der Waals surface area contributed by atoms with Crippen LogP contribution in [-0.4, -0.2) is 38.1 Å². The molecular weight excluding hydrogens is 428 g/mol. The van der Waals surface area contributed by atoms with Crippen LogP contribution < -0.4 is 10.6 Å². The van der Waals surface area contributed by atoms with Gasteiger partial charge in [-0.05, 0) is 47.9 Å². The van der Waals surface area contributed by atoms with Crippen LogP contribution in [-0.2, 0) is 31.9 Å². The predicted molar refractivity (Wildman–Crippen MR) is 131 cm³/mol. The summed E-state index contributed by atoms with van der Waals surface area (Å²) in [6.07, 6.45) is 6.34. The van der Waals surface area contributed by atoms with E-state index < -0.39 is 0 Å². The van der Waals surface area contributed by atoms with E-state index in [-0.39, 0.29) is 24.0 Å². The Kier molecular flexibility index (Phi) is 9.11. The van der Waals surface area contributed by atoms with Crippen molar-refractivity contribution in [1.29, 1.82) is 0 Å². The van der Waals surface area contributed by atoms with Crippen LogP contribution in [0.1, 0.15) is 73.0 Å². The van der Waals surface area contributed by atoms with Gasteiger partial charge in [-0.1, -0.05) is 61.4 Å². The number of hydrogen-bond acceptors (Lipinski definition) is 4. The fourth-order valence-corrected chi connectivity index (χ4v) is 4.81. The van der Waals surface area contributed by atoms with Crippen LogP contribution in [0.4, 0.5) is 0 Å². The summed E-state index contributed by atoms with van der Waals surface area (Å²) in [7, 11) is 0. The largest absolute Gasteiger partial charge is 0.371 e. The Morgan fingerprint density at radius 2 is 1.12 bits per heavy atom. The van der Waals surface area contributed by atoms with Crippen LogP contribution in [0.3, 0.4) is 0 Å². The zero-order chi connectivity index (χ0) is 23.6. The minimum Gasteiger partial charge on any atom is -0.371 e. The smallest absolute Gasteiger partial charge is 0.220 e. The summed E-state index contributed by atoms with van der Waals surface area (Å²) in [4.78, 5) is 24.4. The Labute approximate surface area is 202 Å². The molecule has 34 heavy (non-hydrogen) atoms. The van der Waals surface area contributed by atoms with Gasteiger partial charge in [0, 0.05) is 25.9 Å². The lowest BCUT2D eigenvalue weighted by Crippen LogP contribution is -2.31. The molecule has 0 spiro atoms. The van der Waals surface area contributed by atoms with Crippen molar-refractivity contribution in [2.45, 2.75) is 63.6 Å². The summed E-state index contributed by atoms with van der Waals surface area (Å²) in [5, 5.41) is 6.03. The maximum absolute atomic E-state index is 12.2. The summed E-state index contributed by atoms with van der Waals surface area (Å²) < 4.78 is 11.7. The SMILES string of the molecule is O=C(CCCCCCC(=O)NCC1OCCc2ccccc21)NCC1OCCc2ccccc21. The molecule has 0 aromatic heterocycles. The quantitative estimate of drug-likeness (QED) is 0.489. The molecule has 0 aliphatic carbocycles. The molecule has 2 aliphatic heterocycles. The van der Waals surface area contributed by atoms with Gasteiger partial charge in [0.15, 0.2) is 0 Å². The van der Waals surface area contributed by atoms with Crippen molar-refractivity contribution in [2.75, 3.05) is 26.3 Å². The summed E-state index contributed by atoms with van der Waals surface area (Å²) in [5.41, 5.74) is 5.00. The van der Waals surface area contributed by atoms with Gasteiger partial charge in [0.05, 0.1) is 13.2 Å². The molecule has 0 fully saturated rings. The van der Waals surface area contributed by atoms with Gasteiger partial charge in [-0.2, -0.15) is 0 Å². The molecule has 0 bridgehead atoms. The van der Waals surface area contributed by atoms with Gasteiger partial charge in [-0.15, -0.1) is 0 Å². The van der Waals surface area contributed by atoms with E-state index in [1.54, 1.807) is 0 Å². The molecular formula is C28H36N2O4. The van der Waals surface area contributed by atoms with E-state index in [0.717, 1.165) is 38.5 Å². The molecule has 2 heterocycles. The molecule has 2 aliphatic rings. The van der Waals surface area contributed by atoms with Gasteiger partial charge >= 0.3 is 0 Å². The van der Waals surface area contributed by atoms with Crippen LogP contribution in [0.2, 0.25) is 0 Å². The van der Waals surface area contributed by atoms with Crippen molar-refractivity contribution < 1.29 is 19.1 Å².